The van der Waals surface area contributed by atoms with E-state index in [1.165, 1.54) is 23.5 Å². The molecule has 0 bridgehead atoms. The molecule has 0 atom stereocenters. The van der Waals surface area contributed by atoms with Gasteiger partial charge in [0.25, 0.3) is 0 Å². The summed E-state index contributed by atoms with van der Waals surface area (Å²) < 4.78 is 14.3. The molecule has 0 unspecified atom stereocenters. The number of halogens is 1. The second kappa shape index (κ2) is 6.64. The fourth-order valence-electron chi connectivity index (χ4n) is 3.40. The van der Waals surface area contributed by atoms with Gasteiger partial charge in [0.1, 0.15) is 5.82 Å². The number of hydrogen-bond acceptors (Lipinski definition) is 4. The number of aromatic nitrogens is 1. The Morgan fingerprint density at radius 1 is 1.23 bits per heavy atom. The molecule has 1 N–H and O–H groups in total. The minimum Gasteiger partial charge on any atom is -0.343 e. The second-order valence-electron chi connectivity index (χ2n) is 6.57. The van der Waals surface area contributed by atoms with Gasteiger partial charge in [-0.05, 0) is 42.5 Å². The number of likely N-dealkylation sites (tertiary alicyclic amines) is 1. The summed E-state index contributed by atoms with van der Waals surface area (Å²) in [5, 5.41) is 5.21. The van der Waals surface area contributed by atoms with Crippen LogP contribution in [0.4, 0.5) is 9.52 Å². The van der Waals surface area contributed by atoms with E-state index in [4.69, 9.17) is 0 Å². The monoisotopic (exact) mass is 371 g/mol. The molecule has 1 aromatic heterocycles. The SMILES string of the molecule is CC(=O)N1CCC(C(=O)Nc2nc3ccc4cc(F)ccc4c3s2)CC1. The number of nitrogens with one attached hydrogen (secondary N) is 1. The fraction of sp³-hybridized carbons (Fsp3) is 0.316. The Hall–Kier alpha value is -2.54. The summed E-state index contributed by atoms with van der Waals surface area (Å²) in [6, 6.07) is 8.35. The van der Waals surface area contributed by atoms with Crippen molar-refractivity contribution < 1.29 is 14.0 Å². The molecule has 2 heterocycles. The predicted octanol–water partition coefficient (Wildman–Crippen LogP) is 3.79. The smallest absolute Gasteiger partial charge is 0.229 e. The number of fused-ring (bicyclic) bond motifs is 3. The molecule has 3 aromatic rings. The average molecular weight is 371 g/mol. The summed E-state index contributed by atoms with van der Waals surface area (Å²) >= 11 is 1.40. The second-order valence-corrected chi connectivity index (χ2v) is 7.57. The third-order valence-corrected chi connectivity index (χ3v) is 5.89. The molecule has 4 rings (SSSR count). The number of carbonyl (C=O) groups is 2. The van der Waals surface area contributed by atoms with Crippen LogP contribution >= 0.6 is 11.3 Å². The first kappa shape index (κ1) is 16.9. The van der Waals surface area contributed by atoms with E-state index >= 15 is 0 Å². The van der Waals surface area contributed by atoms with E-state index in [0.29, 0.717) is 31.1 Å². The Balaban J connectivity index is 1.53. The largest absolute Gasteiger partial charge is 0.343 e. The first-order chi connectivity index (χ1) is 12.5. The van der Waals surface area contributed by atoms with E-state index in [1.54, 1.807) is 17.9 Å². The van der Waals surface area contributed by atoms with Crippen molar-refractivity contribution in [3.63, 3.8) is 0 Å². The normalized spacial score (nSPS) is 15.5. The van der Waals surface area contributed by atoms with Crippen molar-refractivity contribution in [1.82, 2.24) is 9.88 Å². The maximum atomic E-state index is 13.4. The number of nitrogens with zero attached hydrogens (tertiary/aromatic N) is 2. The van der Waals surface area contributed by atoms with Gasteiger partial charge in [0.15, 0.2) is 5.13 Å². The highest BCUT2D eigenvalue weighted by molar-refractivity contribution is 7.23. The number of benzene rings is 2. The zero-order valence-electron chi connectivity index (χ0n) is 14.3. The van der Waals surface area contributed by atoms with Crippen molar-refractivity contribution in [2.24, 2.45) is 5.92 Å². The first-order valence-corrected chi connectivity index (χ1v) is 9.38. The van der Waals surface area contributed by atoms with Crippen LogP contribution in [0.15, 0.2) is 30.3 Å². The van der Waals surface area contributed by atoms with Crippen LogP contribution in [0.1, 0.15) is 19.8 Å². The van der Waals surface area contributed by atoms with Crippen LogP contribution in [0.2, 0.25) is 0 Å². The lowest BCUT2D eigenvalue weighted by atomic mass is 9.96. The van der Waals surface area contributed by atoms with E-state index in [-0.39, 0.29) is 23.5 Å². The molecule has 7 heteroatoms. The van der Waals surface area contributed by atoms with Gasteiger partial charge in [-0.3, -0.25) is 9.59 Å². The van der Waals surface area contributed by atoms with Crippen molar-refractivity contribution >= 4 is 49.3 Å². The molecular weight excluding hydrogens is 353 g/mol. The summed E-state index contributed by atoms with van der Waals surface area (Å²) in [5.41, 5.74) is 0.788. The number of thiazole rings is 1. The molecule has 1 aliphatic heterocycles. The zero-order valence-corrected chi connectivity index (χ0v) is 15.1. The third-order valence-electron chi connectivity index (χ3n) is 4.87. The van der Waals surface area contributed by atoms with Gasteiger partial charge in [0.2, 0.25) is 11.8 Å². The lowest BCUT2D eigenvalue weighted by Crippen LogP contribution is -2.40. The Morgan fingerprint density at radius 2 is 2.00 bits per heavy atom. The Morgan fingerprint density at radius 3 is 2.73 bits per heavy atom. The van der Waals surface area contributed by atoms with E-state index in [2.05, 4.69) is 10.3 Å². The van der Waals surface area contributed by atoms with Crippen LogP contribution in [0.25, 0.3) is 21.0 Å². The third kappa shape index (κ3) is 3.14. The first-order valence-electron chi connectivity index (χ1n) is 8.56. The van der Waals surface area contributed by atoms with E-state index < -0.39 is 0 Å². The summed E-state index contributed by atoms with van der Waals surface area (Å²) in [7, 11) is 0. The van der Waals surface area contributed by atoms with E-state index in [9.17, 15) is 14.0 Å². The molecule has 1 fully saturated rings. The summed E-state index contributed by atoms with van der Waals surface area (Å²) in [6.07, 6.45) is 1.33. The molecule has 0 radical (unpaired) electrons. The highest BCUT2D eigenvalue weighted by Gasteiger charge is 2.26. The predicted molar refractivity (Wildman–Crippen MR) is 101 cm³/mol. The van der Waals surface area contributed by atoms with Crippen molar-refractivity contribution in [2.75, 3.05) is 18.4 Å². The average Bonchev–Trinajstić information content (AvgIpc) is 3.04. The number of anilines is 1. The van der Waals surface area contributed by atoms with Gasteiger partial charge in [0, 0.05) is 31.3 Å². The van der Waals surface area contributed by atoms with Crippen molar-refractivity contribution in [2.45, 2.75) is 19.8 Å². The van der Waals surface area contributed by atoms with Gasteiger partial charge in [-0.2, -0.15) is 0 Å². The summed E-state index contributed by atoms with van der Waals surface area (Å²) in [4.78, 5) is 30.2. The van der Waals surface area contributed by atoms with Gasteiger partial charge < -0.3 is 10.2 Å². The van der Waals surface area contributed by atoms with Crippen molar-refractivity contribution in [3.05, 3.63) is 36.1 Å². The molecule has 2 amide bonds. The van der Waals surface area contributed by atoms with Crippen LogP contribution in [-0.4, -0.2) is 34.8 Å². The number of hydrogen-bond donors (Lipinski definition) is 1. The van der Waals surface area contributed by atoms with Crippen molar-refractivity contribution in [1.29, 1.82) is 0 Å². The molecule has 1 aliphatic rings. The van der Waals surface area contributed by atoms with Crippen LogP contribution in [0, 0.1) is 11.7 Å². The van der Waals surface area contributed by atoms with Gasteiger partial charge in [-0.15, -0.1) is 0 Å². The lowest BCUT2D eigenvalue weighted by Gasteiger charge is -2.30. The Bertz CT molecular complexity index is 1010. The molecule has 0 aliphatic carbocycles. The topological polar surface area (TPSA) is 62.3 Å². The van der Waals surface area contributed by atoms with Gasteiger partial charge >= 0.3 is 0 Å². The molecule has 0 spiro atoms. The zero-order chi connectivity index (χ0) is 18.3. The molecule has 1 saturated heterocycles. The number of carbonyl (C=O) groups excluding carboxylic acids is 2. The quantitative estimate of drug-likeness (QED) is 0.746. The maximum absolute atomic E-state index is 13.4. The Labute approximate surface area is 153 Å². The highest BCUT2D eigenvalue weighted by Crippen LogP contribution is 2.33. The van der Waals surface area contributed by atoms with E-state index in [0.717, 1.165) is 21.0 Å². The number of amides is 2. The molecule has 0 saturated carbocycles. The molecule has 2 aromatic carbocycles. The van der Waals surface area contributed by atoms with Crippen LogP contribution in [0.3, 0.4) is 0 Å². The number of rotatable bonds is 2. The minimum absolute atomic E-state index is 0.0531. The molecule has 26 heavy (non-hydrogen) atoms. The fourth-order valence-corrected chi connectivity index (χ4v) is 4.41. The summed E-state index contributed by atoms with van der Waals surface area (Å²) in [6.45, 7) is 2.78. The van der Waals surface area contributed by atoms with Crippen LogP contribution < -0.4 is 5.32 Å². The molecular formula is C19H18FN3O2S. The molecule has 5 nitrogen and oxygen atoms in total. The van der Waals surface area contributed by atoms with Crippen molar-refractivity contribution in [3.8, 4) is 0 Å². The minimum atomic E-state index is -0.271. The van der Waals surface area contributed by atoms with Crippen LogP contribution in [0.5, 0.6) is 0 Å². The highest BCUT2D eigenvalue weighted by atomic mass is 32.1. The van der Waals surface area contributed by atoms with Gasteiger partial charge in [-0.1, -0.05) is 17.4 Å². The molecule has 134 valence electrons. The standard InChI is InChI=1S/C19H18FN3O2S/c1-11(24)23-8-6-12(7-9-23)18(25)22-19-21-16-5-2-13-10-14(20)3-4-15(13)17(16)26-19/h2-5,10,12H,6-9H2,1H3,(H,21,22,25). The summed E-state index contributed by atoms with van der Waals surface area (Å²) in [5.74, 6) is -0.379. The van der Waals surface area contributed by atoms with E-state index in [1.807, 2.05) is 12.1 Å². The van der Waals surface area contributed by atoms with Gasteiger partial charge in [-0.25, -0.2) is 9.37 Å². The Kier molecular flexibility index (Phi) is 4.32. The lowest BCUT2D eigenvalue weighted by molar-refractivity contribution is -0.132. The number of piperidine rings is 1. The van der Waals surface area contributed by atoms with Crippen LogP contribution in [-0.2, 0) is 9.59 Å². The van der Waals surface area contributed by atoms with Gasteiger partial charge in [0.05, 0.1) is 10.2 Å². The maximum Gasteiger partial charge on any atom is 0.229 e.